The molecular weight excluding hydrogens is 202 g/mol. The van der Waals surface area contributed by atoms with E-state index < -0.39 is 0 Å². The molecule has 0 unspecified atom stereocenters. The first-order chi connectivity index (χ1) is 6.77. The maximum atomic E-state index is 5.83. The first-order valence-corrected chi connectivity index (χ1v) is 4.91. The van der Waals surface area contributed by atoms with Crippen LogP contribution in [-0.2, 0) is 0 Å². The van der Waals surface area contributed by atoms with Crippen molar-refractivity contribution in [2.45, 2.75) is 6.92 Å². The zero-order chi connectivity index (χ0) is 10.4. The third kappa shape index (κ3) is 3.09. The SMILES string of the molecule is CCOc1ccc(Cl)cc1OCCN. The van der Waals surface area contributed by atoms with Crippen LogP contribution in [0.5, 0.6) is 11.5 Å². The standard InChI is InChI=1S/C10H14ClNO2/c1-2-13-9-4-3-8(11)7-10(9)14-6-5-12/h3-4,7H,2,5-6,12H2,1H3. The van der Waals surface area contributed by atoms with Gasteiger partial charge in [0, 0.05) is 17.6 Å². The van der Waals surface area contributed by atoms with Gasteiger partial charge in [0.25, 0.3) is 0 Å². The van der Waals surface area contributed by atoms with E-state index in [2.05, 4.69) is 0 Å². The Kier molecular flexibility index (Phi) is 4.56. The Hall–Kier alpha value is -0.930. The van der Waals surface area contributed by atoms with Crippen LogP contribution in [0.4, 0.5) is 0 Å². The molecule has 0 aromatic heterocycles. The molecule has 0 atom stereocenters. The maximum Gasteiger partial charge on any atom is 0.162 e. The van der Waals surface area contributed by atoms with Crippen LogP contribution in [0.15, 0.2) is 18.2 Å². The number of ether oxygens (including phenoxy) is 2. The Bertz CT molecular complexity index is 291. The lowest BCUT2D eigenvalue weighted by Crippen LogP contribution is -2.11. The molecule has 0 aliphatic heterocycles. The normalized spacial score (nSPS) is 9.93. The number of halogens is 1. The van der Waals surface area contributed by atoms with Crippen molar-refractivity contribution in [1.29, 1.82) is 0 Å². The Balaban J connectivity index is 2.79. The van der Waals surface area contributed by atoms with Crippen LogP contribution in [0, 0.1) is 0 Å². The average Bonchev–Trinajstić information content (AvgIpc) is 2.18. The third-order valence-corrected chi connectivity index (χ3v) is 1.82. The van der Waals surface area contributed by atoms with Crippen LogP contribution in [0.25, 0.3) is 0 Å². The van der Waals surface area contributed by atoms with E-state index in [-0.39, 0.29) is 0 Å². The predicted octanol–water partition coefficient (Wildman–Crippen LogP) is 2.08. The van der Waals surface area contributed by atoms with Crippen molar-refractivity contribution in [3.05, 3.63) is 23.2 Å². The summed E-state index contributed by atoms with van der Waals surface area (Å²) >= 11 is 5.83. The summed E-state index contributed by atoms with van der Waals surface area (Å²) in [5, 5.41) is 0.625. The fourth-order valence-electron chi connectivity index (χ4n) is 1.04. The maximum absolute atomic E-state index is 5.83. The molecule has 2 N–H and O–H groups in total. The van der Waals surface area contributed by atoms with Crippen molar-refractivity contribution in [2.24, 2.45) is 5.73 Å². The predicted molar refractivity (Wildman–Crippen MR) is 57.2 cm³/mol. The van der Waals surface area contributed by atoms with Crippen LogP contribution in [0.1, 0.15) is 6.92 Å². The number of rotatable bonds is 5. The molecule has 0 heterocycles. The Labute approximate surface area is 88.8 Å². The highest BCUT2D eigenvalue weighted by Gasteiger charge is 2.04. The smallest absolute Gasteiger partial charge is 0.162 e. The Morgan fingerprint density at radius 2 is 2.07 bits per heavy atom. The second kappa shape index (κ2) is 5.73. The lowest BCUT2D eigenvalue weighted by Gasteiger charge is -2.11. The van der Waals surface area contributed by atoms with Crippen LogP contribution in [0.3, 0.4) is 0 Å². The molecule has 0 amide bonds. The van der Waals surface area contributed by atoms with Gasteiger partial charge < -0.3 is 15.2 Å². The van der Waals surface area contributed by atoms with Gasteiger partial charge in [-0.15, -0.1) is 0 Å². The lowest BCUT2D eigenvalue weighted by molar-refractivity contribution is 0.282. The second-order valence-electron chi connectivity index (χ2n) is 2.66. The highest BCUT2D eigenvalue weighted by molar-refractivity contribution is 6.30. The van der Waals surface area contributed by atoms with Gasteiger partial charge in [0.2, 0.25) is 0 Å². The van der Waals surface area contributed by atoms with Crippen LogP contribution in [0.2, 0.25) is 5.02 Å². The van der Waals surface area contributed by atoms with Crippen molar-refractivity contribution in [3.8, 4) is 11.5 Å². The number of hydrogen-bond donors (Lipinski definition) is 1. The summed E-state index contributed by atoms with van der Waals surface area (Å²) < 4.78 is 10.7. The first-order valence-electron chi connectivity index (χ1n) is 4.53. The van der Waals surface area contributed by atoms with Gasteiger partial charge in [-0.3, -0.25) is 0 Å². The van der Waals surface area contributed by atoms with Gasteiger partial charge in [-0.2, -0.15) is 0 Å². The van der Waals surface area contributed by atoms with Gasteiger partial charge in [0.05, 0.1) is 6.61 Å². The molecule has 0 spiro atoms. The van der Waals surface area contributed by atoms with Crippen molar-refractivity contribution < 1.29 is 9.47 Å². The summed E-state index contributed by atoms with van der Waals surface area (Å²) in [7, 11) is 0. The number of benzene rings is 1. The van der Waals surface area contributed by atoms with E-state index in [0.717, 1.165) is 0 Å². The van der Waals surface area contributed by atoms with Crippen molar-refractivity contribution in [1.82, 2.24) is 0 Å². The third-order valence-electron chi connectivity index (χ3n) is 1.58. The molecule has 14 heavy (non-hydrogen) atoms. The summed E-state index contributed by atoms with van der Waals surface area (Å²) in [6.07, 6.45) is 0. The highest BCUT2D eigenvalue weighted by Crippen LogP contribution is 2.30. The van der Waals surface area contributed by atoms with Crippen molar-refractivity contribution in [2.75, 3.05) is 19.8 Å². The molecule has 78 valence electrons. The van der Waals surface area contributed by atoms with Gasteiger partial charge in [-0.1, -0.05) is 11.6 Å². The molecular formula is C10H14ClNO2. The highest BCUT2D eigenvalue weighted by atomic mass is 35.5. The fourth-order valence-corrected chi connectivity index (χ4v) is 1.20. The molecule has 0 aliphatic rings. The molecule has 1 rings (SSSR count). The molecule has 0 bridgehead atoms. The van der Waals surface area contributed by atoms with Crippen molar-refractivity contribution >= 4 is 11.6 Å². The monoisotopic (exact) mass is 215 g/mol. The molecule has 0 aliphatic carbocycles. The molecule has 0 fully saturated rings. The lowest BCUT2D eigenvalue weighted by atomic mass is 10.3. The largest absolute Gasteiger partial charge is 0.490 e. The quantitative estimate of drug-likeness (QED) is 0.818. The van der Waals surface area contributed by atoms with E-state index in [1.165, 1.54) is 0 Å². The fraction of sp³-hybridized carbons (Fsp3) is 0.400. The second-order valence-corrected chi connectivity index (χ2v) is 3.10. The summed E-state index contributed by atoms with van der Waals surface area (Å²) in [6, 6.07) is 5.28. The van der Waals surface area contributed by atoms with Gasteiger partial charge in [-0.25, -0.2) is 0 Å². The Morgan fingerprint density at radius 3 is 2.71 bits per heavy atom. The zero-order valence-corrected chi connectivity index (χ0v) is 8.88. The minimum atomic E-state index is 0.459. The molecule has 0 saturated carbocycles. The van der Waals surface area contributed by atoms with E-state index >= 15 is 0 Å². The summed E-state index contributed by atoms with van der Waals surface area (Å²) in [5.41, 5.74) is 5.34. The van der Waals surface area contributed by atoms with Crippen LogP contribution >= 0.6 is 11.6 Å². The molecule has 0 saturated heterocycles. The summed E-state index contributed by atoms with van der Waals surface area (Å²) in [6.45, 7) is 3.44. The van der Waals surface area contributed by atoms with E-state index in [1.54, 1.807) is 18.2 Å². The van der Waals surface area contributed by atoms with Gasteiger partial charge >= 0.3 is 0 Å². The van der Waals surface area contributed by atoms with Crippen LogP contribution < -0.4 is 15.2 Å². The molecule has 1 aromatic carbocycles. The molecule has 4 heteroatoms. The van der Waals surface area contributed by atoms with Crippen molar-refractivity contribution in [3.63, 3.8) is 0 Å². The zero-order valence-electron chi connectivity index (χ0n) is 8.13. The molecule has 3 nitrogen and oxygen atoms in total. The van der Waals surface area contributed by atoms with E-state index in [4.69, 9.17) is 26.8 Å². The topological polar surface area (TPSA) is 44.5 Å². The molecule has 0 radical (unpaired) electrons. The van der Waals surface area contributed by atoms with E-state index in [1.807, 2.05) is 6.92 Å². The Morgan fingerprint density at radius 1 is 1.29 bits per heavy atom. The van der Waals surface area contributed by atoms with E-state index in [9.17, 15) is 0 Å². The minimum Gasteiger partial charge on any atom is -0.490 e. The van der Waals surface area contributed by atoms with Gasteiger partial charge in [-0.05, 0) is 19.1 Å². The van der Waals surface area contributed by atoms with Crippen LogP contribution in [-0.4, -0.2) is 19.8 Å². The summed E-state index contributed by atoms with van der Waals surface area (Å²) in [4.78, 5) is 0. The van der Waals surface area contributed by atoms with Gasteiger partial charge in [0.1, 0.15) is 6.61 Å². The molecule has 1 aromatic rings. The van der Waals surface area contributed by atoms with E-state index in [0.29, 0.717) is 36.3 Å². The minimum absolute atomic E-state index is 0.459. The number of nitrogens with two attached hydrogens (primary N) is 1. The first kappa shape index (κ1) is 11.1. The average molecular weight is 216 g/mol. The summed E-state index contributed by atoms with van der Waals surface area (Å²) in [5.74, 6) is 1.34. The van der Waals surface area contributed by atoms with Gasteiger partial charge in [0.15, 0.2) is 11.5 Å². The number of hydrogen-bond acceptors (Lipinski definition) is 3.